The maximum absolute atomic E-state index is 3.83. The first-order valence-electron chi connectivity index (χ1n) is 8.36. The van der Waals surface area contributed by atoms with Crippen LogP contribution in [0.3, 0.4) is 0 Å². The summed E-state index contributed by atoms with van der Waals surface area (Å²) >= 11 is 0. The van der Waals surface area contributed by atoms with Crippen molar-refractivity contribution in [2.75, 3.05) is 19.6 Å². The summed E-state index contributed by atoms with van der Waals surface area (Å²) < 4.78 is 0. The molecule has 0 spiro atoms. The molecule has 3 fully saturated rings. The minimum atomic E-state index is 0.810. The molecule has 1 saturated carbocycles. The second-order valence-corrected chi connectivity index (χ2v) is 6.78. The number of rotatable bonds is 3. The Morgan fingerprint density at radius 2 is 2.00 bits per heavy atom. The van der Waals surface area contributed by atoms with E-state index in [0.717, 1.165) is 23.9 Å². The van der Waals surface area contributed by atoms with E-state index in [2.05, 4.69) is 17.1 Å². The SMILES string of the molecule is CCC1CCCCCN1CC1NCC2CCCC21. The third-order valence-corrected chi connectivity index (χ3v) is 5.78. The van der Waals surface area contributed by atoms with Crippen LogP contribution in [0.1, 0.15) is 58.3 Å². The van der Waals surface area contributed by atoms with Crippen molar-refractivity contribution in [3.63, 3.8) is 0 Å². The Bertz CT molecular complexity index is 266. The smallest absolute Gasteiger partial charge is 0.0226 e. The van der Waals surface area contributed by atoms with E-state index in [4.69, 9.17) is 0 Å². The van der Waals surface area contributed by atoms with Gasteiger partial charge in [0.05, 0.1) is 0 Å². The molecule has 2 nitrogen and oxygen atoms in total. The van der Waals surface area contributed by atoms with Crippen LogP contribution in [0.2, 0.25) is 0 Å². The van der Waals surface area contributed by atoms with E-state index in [0.29, 0.717) is 0 Å². The molecule has 1 N–H and O–H groups in total. The minimum absolute atomic E-state index is 0.810. The molecule has 0 aromatic heterocycles. The molecule has 2 saturated heterocycles. The van der Waals surface area contributed by atoms with Gasteiger partial charge in [0.2, 0.25) is 0 Å². The molecule has 0 radical (unpaired) electrons. The van der Waals surface area contributed by atoms with E-state index in [1.165, 1.54) is 71.0 Å². The molecule has 2 heteroatoms. The number of nitrogens with one attached hydrogen (secondary N) is 1. The molecule has 3 rings (SSSR count). The molecule has 0 aromatic rings. The molecule has 104 valence electrons. The molecule has 0 aromatic carbocycles. The molecule has 0 amide bonds. The lowest BCUT2D eigenvalue weighted by Gasteiger charge is -2.33. The quantitative estimate of drug-likeness (QED) is 0.828. The molecule has 1 aliphatic carbocycles. The Hall–Kier alpha value is -0.0800. The van der Waals surface area contributed by atoms with Gasteiger partial charge in [0.15, 0.2) is 0 Å². The zero-order valence-corrected chi connectivity index (χ0v) is 12.0. The molecule has 18 heavy (non-hydrogen) atoms. The van der Waals surface area contributed by atoms with Crippen LogP contribution in [0.5, 0.6) is 0 Å². The number of fused-ring (bicyclic) bond motifs is 1. The van der Waals surface area contributed by atoms with Gasteiger partial charge in [0.1, 0.15) is 0 Å². The lowest BCUT2D eigenvalue weighted by Crippen LogP contribution is -2.45. The van der Waals surface area contributed by atoms with Gasteiger partial charge in [0, 0.05) is 18.6 Å². The maximum atomic E-state index is 3.83. The molecule has 3 aliphatic rings. The van der Waals surface area contributed by atoms with E-state index >= 15 is 0 Å². The summed E-state index contributed by atoms with van der Waals surface area (Å²) in [6.07, 6.45) is 11.6. The number of hydrogen-bond acceptors (Lipinski definition) is 2. The number of nitrogens with zero attached hydrogens (tertiary/aromatic N) is 1. The normalized spacial score (nSPS) is 41.8. The van der Waals surface area contributed by atoms with E-state index < -0.39 is 0 Å². The first-order valence-corrected chi connectivity index (χ1v) is 8.36. The highest BCUT2D eigenvalue weighted by atomic mass is 15.2. The zero-order chi connectivity index (χ0) is 12.4. The molecule has 0 bridgehead atoms. The monoisotopic (exact) mass is 250 g/mol. The van der Waals surface area contributed by atoms with Gasteiger partial charge in [0.25, 0.3) is 0 Å². The van der Waals surface area contributed by atoms with E-state index in [1.54, 1.807) is 0 Å². The third kappa shape index (κ3) is 2.60. The van der Waals surface area contributed by atoms with E-state index in [-0.39, 0.29) is 0 Å². The van der Waals surface area contributed by atoms with Crippen molar-refractivity contribution in [3.05, 3.63) is 0 Å². The van der Waals surface area contributed by atoms with E-state index in [9.17, 15) is 0 Å². The van der Waals surface area contributed by atoms with Gasteiger partial charge >= 0.3 is 0 Å². The van der Waals surface area contributed by atoms with Crippen molar-refractivity contribution in [1.29, 1.82) is 0 Å². The van der Waals surface area contributed by atoms with Gasteiger partial charge in [-0.05, 0) is 57.0 Å². The molecule has 2 aliphatic heterocycles. The van der Waals surface area contributed by atoms with Gasteiger partial charge in [-0.15, -0.1) is 0 Å². The molecule has 2 heterocycles. The summed E-state index contributed by atoms with van der Waals surface area (Å²) in [5.41, 5.74) is 0. The first-order chi connectivity index (χ1) is 8.88. The zero-order valence-electron chi connectivity index (χ0n) is 12.0. The van der Waals surface area contributed by atoms with Crippen LogP contribution in [0, 0.1) is 11.8 Å². The van der Waals surface area contributed by atoms with Crippen LogP contribution in [-0.2, 0) is 0 Å². The lowest BCUT2D eigenvalue weighted by molar-refractivity contribution is 0.165. The topological polar surface area (TPSA) is 15.3 Å². The largest absolute Gasteiger partial charge is 0.312 e. The standard InChI is InChI=1S/C16H30N2/c1-2-14-8-4-3-5-10-18(14)12-16-15-9-6-7-13(15)11-17-16/h13-17H,2-12H2,1H3. The summed E-state index contributed by atoms with van der Waals surface area (Å²) in [5.74, 6) is 2.02. The Morgan fingerprint density at radius 1 is 1.06 bits per heavy atom. The summed E-state index contributed by atoms with van der Waals surface area (Å²) in [4.78, 5) is 2.82. The summed E-state index contributed by atoms with van der Waals surface area (Å²) in [6, 6.07) is 1.68. The Morgan fingerprint density at radius 3 is 2.89 bits per heavy atom. The van der Waals surface area contributed by atoms with Gasteiger partial charge < -0.3 is 5.32 Å². The highest BCUT2D eigenvalue weighted by Crippen LogP contribution is 2.38. The fourth-order valence-electron chi connectivity index (χ4n) is 4.69. The average Bonchev–Trinajstić information content (AvgIpc) is 2.90. The molecular formula is C16H30N2. The van der Waals surface area contributed by atoms with Gasteiger partial charge in [-0.1, -0.05) is 26.2 Å². The van der Waals surface area contributed by atoms with Crippen molar-refractivity contribution in [2.45, 2.75) is 70.4 Å². The van der Waals surface area contributed by atoms with Gasteiger partial charge in [-0.3, -0.25) is 4.90 Å². The van der Waals surface area contributed by atoms with Crippen LogP contribution in [0.15, 0.2) is 0 Å². The highest BCUT2D eigenvalue weighted by molar-refractivity contribution is 4.96. The third-order valence-electron chi connectivity index (χ3n) is 5.78. The van der Waals surface area contributed by atoms with Crippen molar-refractivity contribution >= 4 is 0 Å². The second-order valence-electron chi connectivity index (χ2n) is 6.78. The Balaban J connectivity index is 1.59. The van der Waals surface area contributed by atoms with Gasteiger partial charge in [-0.25, -0.2) is 0 Å². The van der Waals surface area contributed by atoms with Crippen LogP contribution >= 0.6 is 0 Å². The summed E-state index contributed by atoms with van der Waals surface area (Å²) in [5, 5.41) is 3.83. The number of hydrogen-bond donors (Lipinski definition) is 1. The first kappa shape index (κ1) is 12.9. The van der Waals surface area contributed by atoms with Crippen LogP contribution in [-0.4, -0.2) is 36.6 Å². The highest BCUT2D eigenvalue weighted by Gasteiger charge is 2.39. The summed E-state index contributed by atoms with van der Waals surface area (Å²) in [6.45, 7) is 6.37. The predicted molar refractivity (Wildman–Crippen MR) is 76.7 cm³/mol. The van der Waals surface area contributed by atoms with Crippen LogP contribution in [0.4, 0.5) is 0 Å². The fraction of sp³-hybridized carbons (Fsp3) is 1.00. The molecule has 4 atom stereocenters. The van der Waals surface area contributed by atoms with Gasteiger partial charge in [-0.2, -0.15) is 0 Å². The van der Waals surface area contributed by atoms with Crippen LogP contribution in [0.25, 0.3) is 0 Å². The number of likely N-dealkylation sites (tertiary alicyclic amines) is 1. The van der Waals surface area contributed by atoms with Crippen molar-refractivity contribution < 1.29 is 0 Å². The van der Waals surface area contributed by atoms with Crippen molar-refractivity contribution in [2.24, 2.45) is 11.8 Å². The molecule has 4 unspecified atom stereocenters. The lowest BCUT2D eigenvalue weighted by atomic mass is 9.93. The van der Waals surface area contributed by atoms with Crippen LogP contribution < -0.4 is 5.32 Å². The van der Waals surface area contributed by atoms with Crippen molar-refractivity contribution in [1.82, 2.24) is 10.2 Å². The Labute approximate surface area is 113 Å². The van der Waals surface area contributed by atoms with Crippen molar-refractivity contribution in [3.8, 4) is 0 Å². The predicted octanol–water partition coefficient (Wildman–Crippen LogP) is 3.03. The fourth-order valence-corrected chi connectivity index (χ4v) is 4.69. The maximum Gasteiger partial charge on any atom is 0.0226 e. The summed E-state index contributed by atoms with van der Waals surface area (Å²) in [7, 11) is 0. The van der Waals surface area contributed by atoms with E-state index in [1.807, 2.05) is 0 Å². The minimum Gasteiger partial charge on any atom is -0.312 e. The molecular weight excluding hydrogens is 220 g/mol. The second kappa shape index (κ2) is 5.92. The Kier molecular flexibility index (Phi) is 4.25. The average molecular weight is 250 g/mol.